The third-order valence-corrected chi connectivity index (χ3v) is 4.60. The smallest absolute Gasteiger partial charge is 0.228 e. The molecule has 3 N–H and O–H groups in total. The minimum absolute atomic E-state index is 0. The summed E-state index contributed by atoms with van der Waals surface area (Å²) in [7, 11) is 0. The van der Waals surface area contributed by atoms with Gasteiger partial charge in [-0.25, -0.2) is 0 Å². The summed E-state index contributed by atoms with van der Waals surface area (Å²) in [6, 6.07) is 8.13. The lowest BCUT2D eigenvalue weighted by molar-refractivity contribution is -0.119. The van der Waals surface area contributed by atoms with Crippen LogP contribution in [0.2, 0.25) is 0 Å². The average Bonchev–Trinajstić information content (AvgIpc) is 3.02. The van der Waals surface area contributed by atoms with Gasteiger partial charge in [-0.3, -0.25) is 9.69 Å². The van der Waals surface area contributed by atoms with Crippen molar-refractivity contribution in [1.82, 2.24) is 9.47 Å². The Morgan fingerprint density at radius 3 is 2.65 bits per heavy atom. The van der Waals surface area contributed by atoms with Gasteiger partial charge >= 0.3 is 0 Å². The minimum atomic E-state index is -0.182. The highest BCUT2D eigenvalue weighted by Crippen LogP contribution is 2.21. The zero-order valence-electron chi connectivity index (χ0n) is 15.0. The van der Waals surface area contributed by atoms with Gasteiger partial charge in [-0.1, -0.05) is 6.92 Å². The monoisotopic (exact) mass is 402 g/mol. The number of rotatable bonds is 6. The predicted octanol–water partition coefficient (Wildman–Crippen LogP) is 2.35. The number of hydrogen-bond donors (Lipinski definition) is 2. The van der Waals surface area contributed by atoms with Crippen LogP contribution in [-0.2, 0) is 16.1 Å². The molecule has 1 aromatic carbocycles. The van der Waals surface area contributed by atoms with Crippen molar-refractivity contribution in [3.05, 3.63) is 30.5 Å². The number of aromatic nitrogens is 1. The van der Waals surface area contributed by atoms with E-state index in [0.717, 1.165) is 50.5 Å². The Balaban J connectivity index is 0.00000169. The molecule has 1 atom stereocenters. The van der Waals surface area contributed by atoms with Gasteiger partial charge in [-0.05, 0) is 24.3 Å². The van der Waals surface area contributed by atoms with Crippen LogP contribution in [0, 0.1) is 5.92 Å². The van der Waals surface area contributed by atoms with Crippen molar-refractivity contribution in [3.63, 3.8) is 0 Å². The van der Waals surface area contributed by atoms with Crippen molar-refractivity contribution >= 4 is 47.3 Å². The zero-order chi connectivity index (χ0) is 16.9. The first-order valence-electron chi connectivity index (χ1n) is 8.57. The van der Waals surface area contributed by atoms with Crippen LogP contribution in [0.1, 0.15) is 6.92 Å². The SMILES string of the molecule is CC(CN)C(=O)Nc1ccc2c(ccn2CCN2CCOCC2)c1.Cl.Cl. The van der Waals surface area contributed by atoms with Gasteiger partial charge in [0.25, 0.3) is 0 Å². The fraction of sp³-hybridized carbons (Fsp3) is 0.500. The second kappa shape index (κ2) is 10.7. The molecule has 2 heterocycles. The Morgan fingerprint density at radius 2 is 1.96 bits per heavy atom. The first kappa shape index (κ1) is 22.7. The Bertz CT molecular complexity index is 702. The topological polar surface area (TPSA) is 72.5 Å². The third-order valence-electron chi connectivity index (χ3n) is 4.60. The molecule has 0 saturated carbocycles. The van der Waals surface area contributed by atoms with E-state index in [4.69, 9.17) is 10.5 Å². The number of benzene rings is 1. The molecule has 3 rings (SSSR count). The molecule has 1 saturated heterocycles. The van der Waals surface area contributed by atoms with Gasteiger partial charge in [0.1, 0.15) is 0 Å². The average molecular weight is 403 g/mol. The summed E-state index contributed by atoms with van der Waals surface area (Å²) < 4.78 is 7.65. The molecule has 26 heavy (non-hydrogen) atoms. The number of fused-ring (bicyclic) bond motifs is 1. The van der Waals surface area contributed by atoms with Crippen LogP contribution in [0.3, 0.4) is 0 Å². The van der Waals surface area contributed by atoms with E-state index in [9.17, 15) is 4.79 Å². The standard InChI is InChI=1S/C18H26N4O2.2ClH/c1-14(13-19)18(23)20-16-2-3-17-15(12-16)4-5-22(17)7-6-21-8-10-24-11-9-21;;/h2-5,12,14H,6-11,13,19H2,1H3,(H,20,23);2*1H. The van der Waals surface area contributed by atoms with Crippen molar-refractivity contribution in [2.75, 3.05) is 44.7 Å². The van der Waals surface area contributed by atoms with E-state index in [-0.39, 0.29) is 36.6 Å². The van der Waals surface area contributed by atoms with Crippen molar-refractivity contribution < 1.29 is 9.53 Å². The molecular formula is C18H28Cl2N4O2. The van der Waals surface area contributed by atoms with E-state index < -0.39 is 0 Å². The molecule has 0 aliphatic carbocycles. The van der Waals surface area contributed by atoms with Crippen LogP contribution < -0.4 is 11.1 Å². The lowest BCUT2D eigenvalue weighted by Gasteiger charge is -2.26. The molecule has 2 aromatic rings. The molecule has 0 radical (unpaired) electrons. The lowest BCUT2D eigenvalue weighted by atomic mass is 10.1. The molecule has 146 valence electrons. The van der Waals surface area contributed by atoms with E-state index in [0.29, 0.717) is 6.54 Å². The molecule has 0 spiro atoms. The van der Waals surface area contributed by atoms with Gasteiger partial charge in [0.2, 0.25) is 5.91 Å². The van der Waals surface area contributed by atoms with Crippen LogP contribution in [-0.4, -0.2) is 54.8 Å². The molecular weight excluding hydrogens is 375 g/mol. The number of halogens is 2. The number of anilines is 1. The van der Waals surface area contributed by atoms with E-state index in [1.54, 1.807) is 0 Å². The number of ether oxygens (including phenoxy) is 1. The molecule has 1 aromatic heterocycles. The van der Waals surface area contributed by atoms with Crippen LogP contribution in [0.15, 0.2) is 30.5 Å². The van der Waals surface area contributed by atoms with Crippen molar-refractivity contribution in [2.45, 2.75) is 13.5 Å². The number of nitrogens with one attached hydrogen (secondary N) is 1. The predicted molar refractivity (Wildman–Crippen MR) is 111 cm³/mol. The highest BCUT2D eigenvalue weighted by atomic mass is 35.5. The molecule has 1 fully saturated rings. The summed E-state index contributed by atoms with van der Waals surface area (Å²) in [5.74, 6) is -0.220. The highest BCUT2D eigenvalue weighted by Gasteiger charge is 2.12. The zero-order valence-corrected chi connectivity index (χ0v) is 16.7. The van der Waals surface area contributed by atoms with Gasteiger partial charge < -0.3 is 20.4 Å². The normalized spacial score (nSPS) is 15.8. The number of hydrogen-bond acceptors (Lipinski definition) is 4. The van der Waals surface area contributed by atoms with Gasteiger partial charge in [0.15, 0.2) is 0 Å². The Hall–Kier alpha value is -1.31. The molecule has 1 aliphatic heterocycles. The first-order chi connectivity index (χ1) is 11.7. The number of carbonyl (C=O) groups is 1. The second-order valence-corrected chi connectivity index (χ2v) is 6.36. The lowest BCUT2D eigenvalue weighted by Crippen LogP contribution is -2.38. The summed E-state index contributed by atoms with van der Waals surface area (Å²) in [4.78, 5) is 14.4. The maximum Gasteiger partial charge on any atom is 0.228 e. The van der Waals surface area contributed by atoms with Gasteiger partial charge in [-0.15, -0.1) is 24.8 Å². The van der Waals surface area contributed by atoms with Crippen LogP contribution in [0.4, 0.5) is 5.69 Å². The fourth-order valence-electron chi connectivity index (χ4n) is 2.92. The van der Waals surface area contributed by atoms with Crippen LogP contribution in [0.5, 0.6) is 0 Å². The van der Waals surface area contributed by atoms with Gasteiger partial charge in [-0.2, -0.15) is 0 Å². The summed E-state index contributed by atoms with van der Waals surface area (Å²) in [6.07, 6.45) is 2.11. The second-order valence-electron chi connectivity index (χ2n) is 6.36. The highest BCUT2D eigenvalue weighted by molar-refractivity contribution is 5.95. The first-order valence-corrected chi connectivity index (χ1v) is 8.57. The Morgan fingerprint density at radius 1 is 1.23 bits per heavy atom. The van der Waals surface area contributed by atoms with Crippen LogP contribution in [0.25, 0.3) is 10.9 Å². The van der Waals surface area contributed by atoms with Crippen molar-refractivity contribution in [2.24, 2.45) is 11.7 Å². The minimum Gasteiger partial charge on any atom is -0.379 e. The maximum atomic E-state index is 12.0. The number of morpholine rings is 1. The molecule has 6 nitrogen and oxygen atoms in total. The van der Waals surface area contributed by atoms with Crippen molar-refractivity contribution in [3.8, 4) is 0 Å². The fourth-order valence-corrected chi connectivity index (χ4v) is 2.92. The molecule has 1 aliphatic rings. The largest absolute Gasteiger partial charge is 0.379 e. The molecule has 8 heteroatoms. The van der Waals surface area contributed by atoms with Gasteiger partial charge in [0.05, 0.1) is 13.2 Å². The van der Waals surface area contributed by atoms with E-state index >= 15 is 0 Å². The van der Waals surface area contributed by atoms with Crippen LogP contribution >= 0.6 is 24.8 Å². The number of carbonyl (C=O) groups excluding carboxylic acids is 1. The number of amides is 1. The maximum absolute atomic E-state index is 12.0. The summed E-state index contributed by atoms with van der Waals surface area (Å²) in [6.45, 7) is 7.85. The number of nitrogens with two attached hydrogens (primary N) is 1. The molecule has 1 unspecified atom stereocenters. The quantitative estimate of drug-likeness (QED) is 0.777. The van der Waals surface area contributed by atoms with E-state index in [1.807, 2.05) is 19.1 Å². The van der Waals surface area contributed by atoms with E-state index in [1.165, 1.54) is 5.52 Å². The number of nitrogens with zero attached hydrogens (tertiary/aromatic N) is 2. The molecule has 1 amide bonds. The summed E-state index contributed by atoms with van der Waals surface area (Å²) in [5, 5.41) is 4.06. The summed E-state index contributed by atoms with van der Waals surface area (Å²) in [5.41, 5.74) is 7.55. The van der Waals surface area contributed by atoms with E-state index in [2.05, 4.69) is 33.1 Å². The Kier molecular flexibility index (Phi) is 9.39. The molecule has 0 bridgehead atoms. The third kappa shape index (κ3) is 5.59. The summed E-state index contributed by atoms with van der Waals surface area (Å²) >= 11 is 0. The Labute approximate surface area is 166 Å². The van der Waals surface area contributed by atoms with Crippen molar-refractivity contribution in [1.29, 1.82) is 0 Å². The van der Waals surface area contributed by atoms with Gasteiger partial charge in [0, 0.05) is 61.4 Å².